The number of nitrogen functional groups attached to an aromatic ring is 1. The van der Waals surface area contributed by atoms with Gasteiger partial charge in [-0.1, -0.05) is 12.1 Å². The molecule has 0 spiro atoms. The van der Waals surface area contributed by atoms with E-state index in [1.54, 1.807) is 6.20 Å². The van der Waals surface area contributed by atoms with Gasteiger partial charge in [0, 0.05) is 5.69 Å². The number of nitrogens with two attached hydrogens (primary N) is 1. The minimum absolute atomic E-state index is 0.235. The van der Waals surface area contributed by atoms with Crippen molar-refractivity contribution >= 4 is 28.7 Å². The Morgan fingerprint density at radius 3 is 2.83 bits per heavy atom. The Kier molecular flexibility index (Phi) is 3.66. The molecule has 0 saturated carbocycles. The molecular formula is C16H19N7O. The minimum Gasteiger partial charge on any atom is -0.378 e. The number of nitrogens with zero attached hydrogens (tertiary/aromatic N) is 5. The highest BCUT2D eigenvalue weighted by molar-refractivity contribution is 5.76. The third-order valence-electron chi connectivity index (χ3n) is 3.94. The van der Waals surface area contributed by atoms with Crippen molar-refractivity contribution in [2.75, 3.05) is 42.4 Å². The van der Waals surface area contributed by atoms with Crippen LogP contribution in [0.4, 0.5) is 17.6 Å². The fourth-order valence-electron chi connectivity index (χ4n) is 2.83. The summed E-state index contributed by atoms with van der Waals surface area (Å²) < 4.78 is 7.42. The van der Waals surface area contributed by atoms with Gasteiger partial charge in [0.1, 0.15) is 5.52 Å². The van der Waals surface area contributed by atoms with Crippen molar-refractivity contribution in [3.8, 4) is 0 Å². The molecule has 0 aliphatic carbocycles. The van der Waals surface area contributed by atoms with Crippen LogP contribution in [0.5, 0.6) is 0 Å². The Hall–Kier alpha value is -2.87. The lowest BCUT2D eigenvalue weighted by Gasteiger charge is -2.30. The summed E-state index contributed by atoms with van der Waals surface area (Å²) in [4.78, 5) is 13.1. The lowest BCUT2D eigenvalue weighted by Crippen LogP contribution is -2.44. The van der Waals surface area contributed by atoms with Crippen molar-refractivity contribution in [3.63, 3.8) is 0 Å². The Balaban J connectivity index is 1.81. The summed E-state index contributed by atoms with van der Waals surface area (Å²) in [5, 5.41) is 5.54. The van der Waals surface area contributed by atoms with Crippen LogP contribution in [0, 0.1) is 6.92 Å². The molecule has 0 unspecified atom stereocenters. The molecule has 4 rings (SSSR count). The maximum atomic E-state index is 5.78. The summed E-state index contributed by atoms with van der Waals surface area (Å²) in [5.74, 6) is 0.927. The fourth-order valence-corrected chi connectivity index (χ4v) is 2.83. The van der Waals surface area contributed by atoms with E-state index in [0.717, 1.165) is 18.8 Å². The van der Waals surface area contributed by atoms with E-state index in [4.69, 9.17) is 10.5 Å². The number of fused-ring (bicyclic) bond motifs is 1. The van der Waals surface area contributed by atoms with Crippen LogP contribution in [-0.2, 0) is 4.74 Å². The van der Waals surface area contributed by atoms with Crippen LogP contribution < -0.4 is 16.1 Å². The van der Waals surface area contributed by atoms with Gasteiger partial charge in [0.15, 0.2) is 5.65 Å². The maximum Gasteiger partial charge on any atom is 0.229 e. The van der Waals surface area contributed by atoms with Gasteiger partial charge in [-0.05, 0) is 24.6 Å². The lowest BCUT2D eigenvalue weighted by molar-refractivity contribution is 0.112. The first-order chi connectivity index (χ1) is 11.7. The summed E-state index contributed by atoms with van der Waals surface area (Å²) in [5.41, 5.74) is 9.32. The largest absolute Gasteiger partial charge is 0.378 e. The topological polar surface area (TPSA) is 94.1 Å². The number of imidazole rings is 1. The van der Waals surface area contributed by atoms with Crippen LogP contribution in [0.15, 0.2) is 30.5 Å². The third kappa shape index (κ3) is 2.71. The number of nitrogens with one attached hydrogen (secondary N) is 1. The van der Waals surface area contributed by atoms with E-state index in [1.807, 2.05) is 16.8 Å². The van der Waals surface area contributed by atoms with Crippen LogP contribution >= 0.6 is 0 Å². The van der Waals surface area contributed by atoms with Gasteiger partial charge in [-0.3, -0.25) is 0 Å². The van der Waals surface area contributed by atoms with Crippen molar-refractivity contribution in [1.82, 2.24) is 19.6 Å². The molecule has 0 atom stereocenters. The SMILES string of the molecule is Cc1cccc(Nc2nc3cnc(N)nc3n2N2CCOCC2)c1. The van der Waals surface area contributed by atoms with Gasteiger partial charge in [-0.2, -0.15) is 4.98 Å². The molecular weight excluding hydrogens is 306 g/mol. The second-order valence-electron chi connectivity index (χ2n) is 5.74. The normalized spacial score (nSPS) is 15.0. The van der Waals surface area contributed by atoms with Gasteiger partial charge in [0.25, 0.3) is 0 Å². The van der Waals surface area contributed by atoms with Crippen molar-refractivity contribution in [1.29, 1.82) is 0 Å². The van der Waals surface area contributed by atoms with Crippen molar-refractivity contribution < 1.29 is 4.74 Å². The average molecular weight is 325 g/mol. The quantitative estimate of drug-likeness (QED) is 0.752. The molecule has 3 N–H and O–H groups in total. The molecule has 124 valence electrons. The maximum absolute atomic E-state index is 5.78. The zero-order valence-corrected chi connectivity index (χ0v) is 13.4. The number of aryl methyl sites for hydroxylation is 1. The second-order valence-corrected chi connectivity index (χ2v) is 5.74. The van der Waals surface area contributed by atoms with E-state index in [1.165, 1.54) is 5.56 Å². The number of morpholine rings is 1. The first kappa shape index (κ1) is 14.7. The minimum atomic E-state index is 0.235. The van der Waals surface area contributed by atoms with Gasteiger partial charge in [-0.25, -0.2) is 14.6 Å². The van der Waals surface area contributed by atoms with E-state index in [9.17, 15) is 0 Å². The van der Waals surface area contributed by atoms with Gasteiger partial charge >= 0.3 is 0 Å². The number of hydrogen-bond acceptors (Lipinski definition) is 7. The Bertz CT molecular complexity index is 870. The molecule has 1 aromatic carbocycles. The van der Waals surface area contributed by atoms with Crippen LogP contribution in [0.3, 0.4) is 0 Å². The molecule has 0 bridgehead atoms. The van der Waals surface area contributed by atoms with E-state index < -0.39 is 0 Å². The van der Waals surface area contributed by atoms with Crippen LogP contribution in [0.25, 0.3) is 11.2 Å². The summed E-state index contributed by atoms with van der Waals surface area (Å²) in [6, 6.07) is 8.15. The number of hydrogen-bond donors (Lipinski definition) is 2. The smallest absolute Gasteiger partial charge is 0.229 e. The summed E-state index contributed by atoms with van der Waals surface area (Å²) in [6.45, 7) is 4.92. The number of aromatic nitrogens is 4. The number of benzene rings is 1. The first-order valence-electron chi connectivity index (χ1n) is 7.88. The number of ether oxygens (including phenoxy) is 1. The molecule has 2 aromatic heterocycles. The van der Waals surface area contributed by atoms with Gasteiger partial charge in [0.2, 0.25) is 11.9 Å². The highest BCUT2D eigenvalue weighted by atomic mass is 16.5. The molecule has 1 fully saturated rings. The fraction of sp³-hybridized carbons (Fsp3) is 0.312. The summed E-state index contributed by atoms with van der Waals surface area (Å²) in [6.07, 6.45) is 1.65. The molecule has 0 amide bonds. The zero-order chi connectivity index (χ0) is 16.5. The monoisotopic (exact) mass is 325 g/mol. The third-order valence-corrected chi connectivity index (χ3v) is 3.94. The van der Waals surface area contributed by atoms with Crippen LogP contribution in [-0.4, -0.2) is 45.9 Å². The summed E-state index contributed by atoms with van der Waals surface area (Å²) in [7, 11) is 0. The second kappa shape index (κ2) is 5.97. The van der Waals surface area contributed by atoms with Gasteiger partial charge in [0.05, 0.1) is 32.5 Å². The average Bonchev–Trinajstić information content (AvgIpc) is 2.92. The standard InChI is InChI=1S/C16H19N7O/c1-11-3-2-4-12(9-11)19-16-20-13-10-18-15(17)21-14(13)23(16)22-5-7-24-8-6-22/h2-4,9-10H,5-8H2,1H3,(H,19,20)(H2,17,18,21). The van der Waals surface area contributed by atoms with E-state index >= 15 is 0 Å². The summed E-state index contributed by atoms with van der Waals surface area (Å²) >= 11 is 0. The van der Waals surface area contributed by atoms with Gasteiger partial charge < -0.3 is 20.8 Å². The Morgan fingerprint density at radius 2 is 2.04 bits per heavy atom. The van der Waals surface area contributed by atoms with Crippen molar-refractivity contribution in [2.24, 2.45) is 0 Å². The molecule has 1 aliphatic rings. The predicted octanol–water partition coefficient (Wildman–Crippen LogP) is 1.43. The zero-order valence-electron chi connectivity index (χ0n) is 13.4. The highest BCUT2D eigenvalue weighted by Crippen LogP contribution is 2.23. The van der Waals surface area contributed by atoms with E-state index in [0.29, 0.717) is 30.3 Å². The molecule has 0 radical (unpaired) electrons. The number of anilines is 3. The first-order valence-corrected chi connectivity index (χ1v) is 7.88. The molecule has 3 aromatic rings. The molecule has 8 heteroatoms. The predicted molar refractivity (Wildman–Crippen MR) is 93.0 cm³/mol. The van der Waals surface area contributed by atoms with Gasteiger partial charge in [-0.15, -0.1) is 0 Å². The Morgan fingerprint density at radius 1 is 1.21 bits per heavy atom. The molecule has 1 aliphatic heterocycles. The number of rotatable bonds is 3. The molecule has 3 heterocycles. The van der Waals surface area contributed by atoms with E-state index in [2.05, 4.69) is 44.3 Å². The Labute approximate surface area is 139 Å². The lowest BCUT2D eigenvalue weighted by atomic mass is 10.2. The molecule has 8 nitrogen and oxygen atoms in total. The van der Waals surface area contributed by atoms with Crippen molar-refractivity contribution in [3.05, 3.63) is 36.0 Å². The molecule has 1 saturated heterocycles. The molecule has 24 heavy (non-hydrogen) atoms. The van der Waals surface area contributed by atoms with Crippen molar-refractivity contribution in [2.45, 2.75) is 6.92 Å². The highest BCUT2D eigenvalue weighted by Gasteiger charge is 2.20. The van der Waals surface area contributed by atoms with E-state index in [-0.39, 0.29) is 5.95 Å². The van der Waals surface area contributed by atoms with Crippen LogP contribution in [0.2, 0.25) is 0 Å². The van der Waals surface area contributed by atoms with Crippen LogP contribution in [0.1, 0.15) is 5.56 Å².